The number of hydrogen-bond donors (Lipinski definition) is 2. The van der Waals surface area contributed by atoms with E-state index in [0.717, 1.165) is 45.3 Å². The Labute approximate surface area is 104 Å². The number of nitrogens with one attached hydrogen (secondary N) is 1. The maximum atomic E-state index is 11.6. The van der Waals surface area contributed by atoms with Crippen LogP contribution in [0.25, 0.3) is 0 Å². The molecule has 0 aromatic carbocycles. The van der Waals surface area contributed by atoms with Crippen molar-refractivity contribution >= 4 is 5.91 Å². The van der Waals surface area contributed by atoms with Crippen LogP contribution in [0.2, 0.25) is 0 Å². The fourth-order valence-corrected chi connectivity index (χ4v) is 1.96. The standard InChI is InChI=1S/C13H26N2O2/c1-11(2)17-9-4-3-8-15-12(16)10-13(14)6-5-7-13/h11H,3-10,14H2,1-2H3,(H,15,16). The third-order valence-electron chi connectivity index (χ3n) is 3.21. The summed E-state index contributed by atoms with van der Waals surface area (Å²) in [4.78, 5) is 11.6. The number of nitrogens with two attached hydrogens (primary N) is 1. The fourth-order valence-electron chi connectivity index (χ4n) is 1.96. The topological polar surface area (TPSA) is 64.3 Å². The molecule has 3 N–H and O–H groups in total. The van der Waals surface area contributed by atoms with Crippen LogP contribution in [0.4, 0.5) is 0 Å². The van der Waals surface area contributed by atoms with Crippen LogP contribution in [0.5, 0.6) is 0 Å². The van der Waals surface area contributed by atoms with E-state index in [2.05, 4.69) is 5.32 Å². The van der Waals surface area contributed by atoms with Crippen LogP contribution in [0.15, 0.2) is 0 Å². The van der Waals surface area contributed by atoms with Crippen molar-refractivity contribution in [3.05, 3.63) is 0 Å². The lowest BCUT2D eigenvalue weighted by atomic mass is 9.75. The third-order valence-corrected chi connectivity index (χ3v) is 3.21. The van der Waals surface area contributed by atoms with Gasteiger partial charge in [-0.15, -0.1) is 0 Å². The third kappa shape index (κ3) is 6.03. The molecule has 1 fully saturated rings. The van der Waals surface area contributed by atoms with Gasteiger partial charge in [0.25, 0.3) is 0 Å². The van der Waals surface area contributed by atoms with Crippen LogP contribution in [0.3, 0.4) is 0 Å². The quantitative estimate of drug-likeness (QED) is 0.635. The first-order valence-electron chi connectivity index (χ1n) is 6.69. The monoisotopic (exact) mass is 242 g/mol. The number of unbranched alkanes of at least 4 members (excludes halogenated alkanes) is 1. The Morgan fingerprint density at radius 1 is 1.41 bits per heavy atom. The molecular formula is C13H26N2O2. The van der Waals surface area contributed by atoms with Gasteiger partial charge in [-0.05, 0) is 46.0 Å². The zero-order valence-electron chi connectivity index (χ0n) is 11.1. The molecule has 0 aromatic heterocycles. The summed E-state index contributed by atoms with van der Waals surface area (Å²) in [5.41, 5.74) is 5.80. The van der Waals surface area contributed by atoms with Crippen molar-refractivity contribution in [1.29, 1.82) is 0 Å². The van der Waals surface area contributed by atoms with Gasteiger partial charge in [0, 0.05) is 25.1 Å². The Balaban J connectivity index is 1.93. The maximum absolute atomic E-state index is 11.6. The highest BCUT2D eigenvalue weighted by Gasteiger charge is 2.34. The van der Waals surface area contributed by atoms with Crippen molar-refractivity contribution in [2.75, 3.05) is 13.2 Å². The van der Waals surface area contributed by atoms with E-state index < -0.39 is 0 Å². The minimum atomic E-state index is -0.204. The minimum absolute atomic E-state index is 0.0944. The van der Waals surface area contributed by atoms with Gasteiger partial charge >= 0.3 is 0 Å². The van der Waals surface area contributed by atoms with Gasteiger partial charge < -0.3 is 15.8 Å². The Morgan fingerprint density at radius 2 is 2.12 bits per heavy atom. The molecule has 1 amide bonds. The molecule has 4 nitrogen and oxygen atoms in total. The molecule has 1 rings (SSSR count). The summed E-state index contributed by atoms with van der Waals surface area (Å²) in [5, 5.41) is 2.92. The van der Waals surface area contributed by atoms with Crippen LogP contribution in [0, 0.1) is 0 Å². The van der Waals surface area contributed by atoms with Crippen LogP contribution in [-0.2, 0) is 9.53 Å². The molecule has 0 heterocycles. The Hall–Kier alpha value is -0.610. The number of amides is 1. The second-order valence-electron chi connectivity index (χ2n) is 5.37. The molecule has 0 aliphatic heterocycles. The van der Waals surface area contributed by atoms with Gasteiger partial charge in [-0.2, -0.15) is 0 Å². The van der Waals surface area contributed by atoms with Gasteiger partial charge in [-0.1, -0.05) is 0 Å². The number of hydrogen-bond acceptors (Lipinski definition) is 3. The van der Waals surface area contributed by atoms with Crippen molar-refractivity contribution in [2.24, 2.45) is 5.73 Å². The highest BCUT2D eigenvalue weighted by Crippen LogP contribution is 2.31. The summed E-state index contributed by atoms with van der Waals surface area (Å²) in [7, 11) is 0. The first kappa shape index (κ1) is 14.5. The normalized spacial score (nSPS) is 17.9. The molecule has 17 heavy (non-hydrogen) atoms. The van der Waals surface area contributed by atoms with Crippen LogP contribution in [-0.4, -0.2) is 30.7 Å². The number of ether oxygens (including phenoxy) is 1. The molecule has 0 radical (unpaired) electrons. The van der Waals surface area contributed by atoms with E-state index >= 15 is 0 Å². The fraction of sp³-hybridized carbons (Fsp3) is 0.923. The van der Waals surface area contributed by atoms with Crippen molar-refractivity contribution in [3.63, 3.8) is 0 Å². The minimum Gasteiger partial charge on any atom is -0.379 e. The van der Waals surface area contributed by atoms with Gasteiger partial charge in [-0.3, -0.25) is 4.79 Å². The molecule has 1 aliphatic carbocycles. The number of carbonyl (C=O) groups excluding carboxylic acids is 1. The van der Waals surface area contributed by atoms with E-state index in [4.69, 9.17) is 10.5 Å². The van der Waals surface area contributed by atoms with Gasteiger partial charge in [0.2, 0.25) is 5.91 Å². The average Bonchev–Trinajstić information content (AvgIpc) is 2.20. The van der Waals surface area contributed by atoms with Crippen LogP contribution >= 0.6 is 0 Å². The molecule has 1 aliphatic rings. The molecule has 100 valence electrons. The zero-order valence-corrected chi connectivity index (χ0v) is 11.1. The van der Waals surface area contributed by atoms with E-state index in [1.165, 1.54) is 0 Å². The zero-order chi connectivity index (χ0) is 12.7. The van der Waals surface area contributed by atoms with E-state index in [9.17, 15) is 4.79 Å². The largest absolute Gasteiger partial charge is 0.379 e. The summed E-state index contributed by atoms with van der Waals surface area (Å²) in [6, 6.07) is 0. The lowest BCUT2D eigenvalue weighted by molar-refractivity contribution is -0.123. The van der Waals surface area contributed by atoms with E-state index in [0.29, 0.717) is 12.5 Å². The molecule has 0 spiro atoms. The molecule has 0 unspecified atom stereocenters. The highest BCUT2D eigenvalue weighted by molar-refractivity contribution is 5.77. The van der Waals surface area contributed by atoms with Crippen molar-refractivity contribution in [1.82, 2.24) is 5.32 Å². The molecule has 4 heteroatoms. The first-order valence-corrected chi connectivity index (χ1v) is 6.69. The number of carbonyl (C=O) groups is 1. The smallest absolute Gasteiger partial charge is 0.221 e. The molecule has 0 atom stereocenters. The van der Waals surface area contributed by atoms with E-state index in [-0.39, 0.29) is 11.4 Å². The lowest BCUT2D eigenvalue weighted by Crippen LogP contribution is -2.50. The van der Waals surface area contributed by atoms with Crippen LogP contribution < -0.4 is 11.1 Å². The van der Waals surface area contributed by atoms with Gasteiger partial charge in [0.1, 0.15) is 0 Å². The molecule has 0 aromatic rings. The van der Waals surface area contributed by atoms with Crippen LogP contribution in [0.1, 0.15) is 52.4 Å². The maximum Gasteiger partial charge on any atom is 0.221 e. The Kier molecular flexibility index (Phi) is 5.92. The van der Waals surface area contributed by atoms with Gasteiger partial charge in [0.05, 0.1) is 6.10 Å². The van der Waals surface area contributed by atoms with E-state index in [1.54, 1.807) is 0 Å². The summed E-state index contributed by atoms with van der Waals surface area (Å²) in [5.74, 6) is 0.0944. The molecule has 0 bridgehead atoms. The summed E-state index contributed by atoms with van der Waals surface area (Å²) < 4.78 is 5.42. The summed E-state index contributed by atoms with van der Waals surface area (Å²) >= 11 is 0. The summed E-state index contributed by atoms with van der Waals surface area (Å²) in [6.07, 6.45) is 5.87. The van der Waals surface area contributed by atoms with E-state index in [1.807, 2.05) is 13.8 Å². The summed E-state index contributed by atoms with van der Waals surface area (Å²) in [6.45, 7) is 5.56. The highest BCUT2D eigenvalue weighted by atomic mass is 16.5. The second-order valence-corrected chi connectivity index (χ2v) is 5.37. The van der Waals surface area contributed by atoms with Gasteiger partial charge in [0.15, 0.2) is 0 Å². The molecule has 1 saturated carbocycles. The second kappa shape index (κ2) is 6.97. The predicted molar refractivity (Wildman–Crippen MR) is 68.7 cm³/mol. The van der Waals surface area contributed by atoms with Gasteiger partial charge in [-0.25, -0.2) is 0 Å². The first-order chi connectivity index (χ1) is 8.02. The van der Waals surface area contributed by atoms with Crippen molar-refractivity contribution in [2.45, 2.75) is 64.0 Å². The van der Waals surface area contributed by atoms with Crippen molar-refractivity contribution in [3.8, 4) is 0 Å². The molecule has 0 saturated heterocycles. The SMILES string of the molecule is CC(C)OCCCCNC(=O)CC1(N)CCC1. The lowest BCUT2D eigenvalue weighted by Gasteiger charge is -2.37. The molecular weight excluding hydrogens is 216 g/mol. The number of rotatable bonds is 8. The average molecular weight is 242 g/mol. The van der Waals surface area contributed by atoms with Crippen molar-refractivity contribution < 1.29 is 9.53 Å². The Morgan fingerprint density at radius 3 is 2.65 bits per heavy atom. The predicted octanol–water partition coefficient (Wildman–Crippen LogP) is 1.58. The Bertz CT molecular complexity index is 238.